The van der Waals surface area contributed by atoms with Crippen molar-refractivity contribution in [1.29, 1.82) is 0 Å². The first-order valence-corrected chi connectivity index (χ1v) is 6.97. The first-order chi connectivity index (χ1) is 9.31. The minimum atomic E-state index is -4.07. The van der Waals surface area contributed by atoms with Crippen molar-refractivity contribution in [3.05, 3.63) is 0 Å². The maximum atomic E-state index is 12.6. The maximum Gasteiger partial charge on any atom is 0.319 e. The Bertz CT molecular complexity index is 271. The molecule has 0 amide bonds. The SMILES string of the molecule is CC1CCC(OCC(O)CNCC(F)(F)C(F)F)CC1. The van der Waals surface area contributed by atoms with Crippen molar-refractivity contribution in [2.45, 2.75) is 57.2 Å². The fraction of sp³-hybridized carbons (Fsp3) is 1.00. The fourth-order valence-corrected chi connectivity index (χ4v) is 2.18. The molecule has 0 saturated heterocycles. The maximum absolute atomic E-state index is 12.6. The average molecular weight is 301 g/mol. The van der Waals surface area contributed by atoms with Gasteiger partial charge in [-0.25, -0.2) is 8.78 Å². The molecule has 0 aromatic carbocycles. The molecule has 0 aliphatic heterocycles. The van der Waals surface area contributed by atoms with E-state index in [4.69, 9.17) is 4.74 Å². The first kappa shape index (κ1) is 17.7. The Morgan fingerprint density at radius 2 is 1.85 bits per heavy atom. The van der Waals surface area contributed by atoms with Gasteiger partial charge in [0.05, 0.1) is 25.4 Å². The smallest absolute Gasteiger partial charge is 0.319 e. The van der Waals surface area contributed by atoms with Crippen molar-refractivity contribution in [3.63, 3.8) is 0 Å². The molecule has 120 valence electrons. The highest BCUT2D eigenvalue weighted by Gasteiger charge is 2.40. The van der Waals surface area contributed by atoms with E-state index in [1.54, 1.807) is 0 Å². The van der Waals surface area contributed by atoms with Crippen LogP contribution in [0.25, 0.3) is 0 Å². The Morgan fingerprint density at radius 1 is 1.25 bits per heavy atom. The summed E-state index contributed by atoms with van der Waals surface area (Å²) >= 11 is 0. The van der Waals surface area contributed by atoms with E-state index >= 15 is 0 Å². The standard InChI is InChI=1S/C13H23F4NO2/c1-9-2-4-11(5-3-9)20-7-10(19)6-18-8-13(16,17)12(14)15/h9-12,18-19H,2-8H2,1H3. The lowest BCUT2D eigenvalue weighted by Gasteiger charge is -2.27. The second kappa shape index (κ2) is 8.14. The Hall–Kier alpha value is -0.400. The number of hydrogen-bond acceptors (Lipinski definition) is 3. The zero-order chi connectivity index (χ0) is 15.2. The van der Waals surface area contributed by atoms with Crippen LogP contribution in [0.3, 0.4) is 0 Å². The molecule has 7 heteroatoms. The van der Waals surface area contributed by atoms with Gasteiger partial charge < -0.3 is 15.2 Å². The van der Waals surface area contributed by atoms with E-state index in [1.165, 1.54) is 0 Å². The van der Waals surface area contributed by atoms with Crippen LogP contribution in [0.4, 0.5) is 17.6 Å². The van der Waals surface area contributed by atoms with Crippen molar-refractivity contribution < 1.29 is 27.4 Å². The number of hydrogen-bond donors (Lipinski definition) is 2. The molecule has 1 rings (SSSR count). The zero-order valence-electron chi connectivity index (χ0n) is 11.6. The van der Waals surface area contributed by atoms with Crippen LogP contribution in [0, 0.1) is 5.92 Å². The van der Waals surface area contributed by atoms with Crippen LogP contribution in [-0.2, 0) is 4.74 Å². The molecule has 1 aliphatic rings. The fourth-order valence-electron chi connectivity index (χ4n) is 2.18. The normalized spacial score (nSPS) is 25.9. The number of rotatable bonds is 8. The lowest BCUT2D eigenvalue weighted by atomic mass is 9.89. The molecule has 2 N–H and O–H groups in total. The van der Waals surface area contributed by atoms with Crippen molar-refractivity contribution in [2.75, 3.05) is 19.7 Å². The number of ether oxygens (including phenoxy) is 1. The summed E-state index contributed by atoms with van der Waals surface area (Å²) in [6.07, 6.45) is -0.534. The van der Waals surface area contributed by atoms with Gasteiger partial charge in [0.15, 0.2) is 0 Å². The van der Waals surface area contributed by atoms with Gasteiger partial charge in [0.1, 0.15) is 0 Å². The second-order valence-electron chi connectivity index (χ2n) is 5.56. The van der Waals surface area contributed by atoms with Gasteiger partial charge in [0.25, 0.3) is 0 Å². The number of alkyl halides is 4. The van der Waals surface area contributed by atoms with Crippen molar-refractivity contribution in [3.8, 4) is 0 Å². The van der Waals surface area contributed by atoms with Crippen LogP contribution in [0.2, 0.25) is 0 Å². The molecule has 1 saturated carbocycles. The van der Waals surface area contributed by atoms with Gasteiger partial charge in [-0.3, -0.25) is 0 Å². The molecular formula is C13H23F4NO2. The van der Waals surface area contributed by atoms with E-state index < -0.39 is 25.0 Å². The van der Waals surface area contributed by atoms with Crippen molar-refractivity contribution >= 4 is 0 Å². The highest BCUT2D eigenvalue weighted by atomic mass is 19.3. The molecule has 1 aliphatic carbocycles. The molecule has 0 aromatic heterocycles. The van der Waals surface area contributed by atoms with E-state index in [9.17, 15) is 22.7 Å². The first-order valence-electron chi connectivity index (χ1n) is 6.97. The predicted octanol–water partition coefficient (Wildman–Crippen LogP) is 2.43. The lowest BCUT2D eigenvalue weighted by Crippen LogP contribution is -2.42. The summed E-state index contributed by atoms with van der Waals surface area (Å²) in [5.41, 5.74) is 0. The van der Waals surface area contributed by atoms with Crippen LogP contribution >= 0.6 is 0 Å². The minimum absolute atomic E-state index is 0.0340. The van der Waals surface area contributed by atoms with E-state index in [1.807, 2.05) is 0 Å². The van der Waals surface area contributed by atoms with E-state index in [0.29, 0.717) is 5.92 Å². The van der Waals surface area contributed by atoms with Crippen molar-refractivity contribution in [2.24, 2.45) is 5.92 Å². The zero-order valence-corrected chi connectivity index (χ0v) is 11.6. The van der Waals surface area contributed by atoms with Crippen LogP contribution < -0.4 is 5.32 Å². The van der Waals surface area contributed by atoms with Gasteiger partial charge in [0, 0.05) is 6.54 Å². The van der Waals surface area contributed by atoms with Crippen molar-refractivity contribution in [1.82, 2.24) is 5.32 Å². The molecule has 0 spiro atoms. The van der Waals surface area contributed by atoms with Gasteiger partial charge >= 0.3 is 12.3 Å². The van der Waals surface area contributed by atoms with Crippen LogP contribution in [0.15, 0.2) is 0 Å². The van der Waals surface area contributed by atoms with Gasteiger partial charge in [-0.1, -0.05) is 6.92 Å². The van der Waals surface area contributed by atoms with Gasteiger partial charge in [-0.05, 0) is 31.6 Å². The summed E-state index contributed by atoms with van der Waals surface area (Å²) in [6, 6.07) is 0. The third kappa shape index (κ3) is 6.37. The molecule has 0 radical (unpaired) electrons. The van der Waals surface area contributed by atoms with Crippen LogP contribution in [0.5, 0.6) is 0 Å². The predicted molar refractivity (Wildman–Crippen MR) is 67.2 cm³/mol. The number of nitrogens with one attached hydrogen (secondary N) is 1. The molecule has 1 unspecified atom stereocenters. The third-order valence-corrected chi connectivity index (χ3v) is 3.55. The molecule has 0 bridgehead atoms. The van der Waals surface area contributed by atoms with Crippen LogP contribution in [0.1, 0.15) is 32.6 Å². The summed E-state index contributed by atoms with van der Waals surface area (Å²) in [7, 11) is 0. The monoisotopic (exact) mass is 301 g/mol. The largest absolute Gasteiger partial charge is 0.389 e. The van der Waals surface area contributed by atoms with E-state index in [-0.39, 0.29) is 19.3 Å². The number of halogens is 4. The van der Waals surface area contributed by atoms with Gasteiger partial charge in [0.2, 0.25) is 0 Å². The molecule has 1 atom stereocenters. The number of aliphatic hydroxyl groups excluding tert-OH is 1. The molecular weight excluding hydrogens is 278 g/mol. The lowest BCUT2D eigenvalue weighted by molar-refractivity contribution is -0.126. The summed E-state index contributed by atoms with van der Waals surface area (Å²) in [4.78, 5) is 0. The van der Waals surface area contributed by atoms with Gasteiger partial charge in [-0.2, -0.15) is 8.78 Å². The van der Waals surface area contributed by atoms with Crippen LogP contribution in [-0.4, -0.2) is 49.4 Å². The summed E-state index contributed by atoms with van der Waals surface area (Å²) in [6.45, 7) is 0.874. The molecule has 0 heterocycles. The molecule has 3 nitrogen and oxygen atoms in total. The number of aliphatic hydroxyl groups is 1. The Morgan fingerprint density at radius 3 is 2.40 bits per heavy atom. The molecule has 20 heavy (non-hydrogen) atoms. The summed E-state index contributed by atoms with van der Waals surface area (Å²) in [5.74, 6) is -3.38. The van der Waals surface area contributed by atoms with E-state index in [0.717, 1.165) is 25.7 Å². The minimum Gasteiger partial charge on any atom is -0.389 e. The second-order valence-corrected chi connectivity index (χ2v) is 5.56. The quantitative estimate of drug-likeness (QED) is 0.677. The molecule has 0 aromatic rings. The molecule has 1 fully saturated rings. The topological polar surface area (TPSA) is 41.5 Å². The highest BCUT2D eigenvalue weighted by molar-refractivity contribution is 4.74. The van der Waals surface area contributed by atoms with Gasteiger partial charge in [-0.15, -0.1) is 0 Å². The summed E-state index contributed by atoms with van der Waals surface area (Å²) < 4.78 is 54.4. The Kier molecular flexibility index (Phi) is 7.19. The Labute approximate surface area is 116 Å². The third-order valence-electron chi connectivity index (χ3n) is 3.55. The average Bonchev–Trinajstić information content (AvgIpc) is 2.37. The Balaban J connectivity index is 2.10. The highest BCUT2D eigenvalue weighted by Crippen LogP contribution is 2.25. The summed E-state index contributed by atoms with van der Waals surface area (Å²) in [5, 5.41) is 11.7. The van der Waals surface area contributed by atoms with E-state index in [2.05, 4.69) is 12.2 Å².